The van der Waals surface area contributed by atoms with Crippen LogP contribution in [0.25, 0.3) is 0 Å². The zero-order chi connectivity index (χ0) is 26.8. The first-order chi connectivity index (χ1) is 17.8. The monoisotopic (exact) mass is 527 g/mol. The molecule has 0 saturated heterocycles. The number of thiazole rings is 1. The van der Waals surface area contributed by atoms with E-state index in [4.69, 9.17) is 5.73 Å². The molecule has 3 rings (SSSR count). The van der Waals surface area contributed by atoms with Gasteiger partial charge in [-0.05, 0) is 56.2 Å². The lowest BCUT2D eigenvalue weighted by molar-refractivity contribution is -0.124. The minimum absolute atomic E-state index is 0.00315. The van der Waals surface area contributed by atoms with Crippen LogP contribution < -0.4 is 16.4 Å². The van der Waals surface area contributed by atoms with Crippen molar-refractivity contribution in [1.82, 2.24) is 20.5 Å². The molecule has 4 N–H and O–H groups in total. The molecule has 0 bridgehead atoms. The van der Waals surface area contributed by atoms with Crippen LogP contribution in [0.2, 0.25) is 0 Å². The number of nitrogens with two attached hydrogens (primary N) is 1. The van der Waals surface area contributed by atoms with E-state index < -0.39 is 12.1 Å². The summed E-state index contributed by atoms with van der Waals surface area (Å²) in [6, 6.07) is 5.99. The lowest BCUT2D eigenvalue weighted by atomic mass is 9.94. The minimum Gasteiger partial charge on any atom is -0.356 e. The zero-order valence-corrected chi connectivity index (χ0v) is 23.1. The summed E-state index contributed by atoms with van der Waals surface area (Å²) >= 11 is 1.51. The Morgan fingerprint density at radius 1 is 1.16 bits per heavy atom. The second-order valence-corrected chi connectivity index (χ2v) is 11.1. The fraction of sp³-hybridized carbons (Fsp3) is 0.571. The summed E-state index contributed by atoms with van der Waals surface area (Å²) in [6.45, 7) is 8.05. The molecule has 1 fully saturated rings. The topological polar surface area (TPSA) is 117 Å². The van der Waals surface area contributed by atoms with Crippen molar-refractivity contribution in [1.29, 1.82) is 0 Å². The van der Waals surface area contributed by atoms with Crippen molar-refractivity contribution >= 4 is 29.1 Å². The molecule has 1 aromatic carbocycles. The number of aromatic nitrogens is 1. The maximum atomic E-state index is 13.3. The van der Waals surface area contributed by atoms with Crippen LogP contribution in [0.4, 0.5) is 0 Å². The predicted octanol–water partition coefficient (Wildman–Crippen LogP) is 3.63. The highest BCUT2D eigenvalue weighted by Gasteiger charge is 2.28. The third-order valence-electron chi connectivity index (χ3n) is 6.69. The molecule has 2 aromatic rings. The molecule has 8 nitrogen and oxygen atoms in total. The Morgan fingerprint density at radius 2 is 1.86 bits per heavy atom. The molecule has 1 aliphatic carbocycles. The van der Waals surface area contributed by atoms with Crippen LogP contribution in [0, 0.1) is 11.8 Å². The quantitative estimate of drug-likeness (QED) is 0.327. The highest BCUT2D eigenvalue weighted by molar-refractivity contribution is 7.09. The maximum absolute atomic E-state index is 13.3. The first-order valence-electron chi connectivity index (χ1n) is 13.4. The maximum Gasteiger partial charge on any atom is 0.253 e. The summed E-state index contributed by atoms with van der Waals surface area (Å²) in [6.07, 6.45) is 6.75. The zero-order valence-electron chi connectivity index (χ0n) is 22.2. The van der Waals surface area contributed by atoms with Gasteiger partial charge in [0, 0.05) is 60.7 Å². The summed E-state index contributed by atoms with van der Waals surface area (Å²) in [4.78, 5) is 45.1. The van der Waals surface area contributed by atoms with Crippen molar-refractivity contribution in [3.05, 3.63) is 52.0 Å². The molecular weight excluding hydrogens is 486 g/mol. The van der Waals surface area contributed by atoms with Crippen LogP contribution in [0.3, 0.4) is 0 Å². The molecule has 1 aliphatic rings. The van der Waals surface area contributed by atoms with Gasteiger partial charge in [-0.25, -0.2) is 4.98 Å². The highest BCUT2D eigenvalue weighted by atomic mass is 32.1. The van der Waals surface area contributed by atoms with Crippen molar-refractivity contribution in [2.24, 2.45) is 17.6 Å². The number of amides is 3. The molecule has 0 radical (unpaired) electrons. The lowest BCUT2D eigenvalue weighted by Crippen LogP contribution is -2.50. The van der Waals surface area contributed by atoms with Crippen molar-refractivity contribution < 1.29 is 14.4 Å². The Balaban J connectivity index is 1.69. The van der Waals surface area contributed by atoms with E-state index in [2.05, 4.69) is 15.6 Å². The van der Waals surface area contributed by atoms with Crippen molar-refractivity contribution in [2.45, 2.75) is 71.4 Å². The molecule has 3 amide bonds. The Kier molecular flexibility index (Phi) is 11.1. The van der Waals surface area contributed by atoms with Crippen molar-refractivity contribution in [3.8, 4) is 0 Å². The smallest absolute Gasteiger partial charge is 0.253 e. The van der Waals surface area contributed by atoms with Gasteiger partial charge in [0.2, 0.25) is 5.91 Å². The number of hydrogen-bond acceptors (Lipinski definition) is 6. The third-order valence-corrected chi connectivity index (χ3v) is 7.49. The van der Waals surface area contributed by atoms with E-state index in [-0.39, 0.29) is 23.6 Å². The molecule has 9 heteroatoms. The SMILES string of the molecule is CCCN(CCC)C(=O)c1cccc(C(=O)N[C@@H](Cc2nccs2)[C@@H](N)C[C@@H](C)C(=O)NCC2CC2)c1. The molecular formula is C28H41N5O3S. The second-order valence-electron chi connectivity index (χ2n) is 10.1. The van der Waals surface area contributed by atoms with Crippen LogP contribution in [0.1, 0.15) is 78.6 Å². The van der Waals surface area contributed by atoms with E-state index in [1.54, 1.807) is 30.5 Å². The Morgan fingerprint density at radius 3 is 2.49 bits per heavy atom. The first-order valence-corrected chi connectivity index (χ1v) is 14.3. The van der Waals surface area contributed by atoms with Crippen LogP contribution in [0.5, 0.6) is 0 Å². The number of nitrogens with zero attached hydrogens (tertiary/aromatic N) is 2. The van der Waals surface area contributed by atoms with Gasteiger partial charge in [-0.2, -0.15) is 0 Å². The van der Waals surface area contributed by atoms with Crippen LogP contribution in [-0.2, 0) is 11.2 Å². The second kappa shape index (κ2) is 14.2. The van der Waals surface area contributed by atoms with Crippen molar-refractivity contribution in [2.75, 3.05) is 19.6 Å². The van der Waals surface area contributed by atoms with Gasteiger partial charge < -0.3 is 21.3 Å². The Bertz CT molecular complexity index is 1020. The normalized spacial score (nSPS) is 15.5. The Labute approximate surface area is 224 Å². The van der Waals surface area contributed by atoms with E-state index in [9.17, 15) is 14.4 Å². The average Bonchev–Trinajstić information content (AvgIpc) is 3.59. The van der Waals surface area contributed by atoms with Crippen LogP contribution >= 0.6 is 11.3 Å². The van der Waals surface area contributed by atoms with E-state index in [0.717, 1.165) is 24.4 Å². The molecule has 1 saturated carbocycles. The number of carbonyl (C=O) groups is 3. The fourth-order valence-corrected chi connectivity index (χ4v) is 5.03. The Hall–Kier alpha value is -2.78. The number of hydrogen-bond donors (Lipinski definition) is 3. The molecule has 1 heterocycles. The van der Waals surface area contributed by atoms with E-state index in [1.807, 2.05) is 31.1 Å². The van der Waals surface area contributed by atoms with Gasteiger partial charge in [0.15, 0.2) is 0 Å². The molecule has 0 spiro atoms. The van der Waals surface area contributed by atoms with Crippen LogP contribution in [0.15, 0.2) is 35.8 Å². The van der Waals surface area contributed by atoms with Gasteiger partial charge in [0.1, 0.15) is 0 Å². The number of nitrogens with one attached hydrogen (secondary N) is 2. The van der Waals surface area contributed by atoms with E-state index in [1.165, 1.54) is 24.2 Å². The highest BCUT2D eigenvalue weighted by Crippen LogP contribution is 2.27. The van der Waals surface area contributed by atoms with Gasteiger partial charge in [-0.1, -0.05) is 26.8 Å². The third kappa shape index (κ3) is 8.93. The van der Waals surface area contributed by atoms with Crippen LogP contribution in [-0.4, -0.2) is 59.3 Å². The van der Waals surface area contributed by atoms with Gasteiger partial charge in [-0.3, -0.25) is 14.4 Å². The average molecular weight is 528 g/mol. The van der Waals surface area contributed by atoms with E-state index >= 15 is 0 Å². The summed E-state index contributed by atoms with van der Waals surface area (Å²) < 4.78 is 0. The van der Waals surface area contributed by atoms with Crippen molar-refractivity contribution in [3.63, 3.8) is 0 Å². The van der Waals surface area contributed by atoms with Gasteiger partial charge >= 0.3 is 0 Å². The van der Waals surface area contributed by atoms with Gasteiger partial charge in [0.25, 0.3) is 11.8 Å². The summed E-state index contributed by atoms with van der Waals surface area (Å²) in [5, 5.41) is 8.84. The predicted molar refractivity (Wildman–Crippen MR) is 147 cm³/mol. The molecule has 0 unspecified atom stereocenters. The molecule has 0 aliphatic heterocycles. The number of rotatable bonds is 15. The number of benzene rings is 1. The standard InChI is InChI=1S/C28H41N5O3S/c1-4-12-33(13-5-2)28(36)22-8-6-7-21(16-22)27(35)32-24(17-25-30-11-14-37-25)23(29)15-19(3)26(34)31-18-20-9-10-20/h6-8,11,14,16,19-20,23-24H,4-5,9-10,12-13,15,17-18,29H2,1-3H3,(H,31,34)(H,32,35)/t19-,23+,24+/m1/s1. The molecule has 202 valence electrons. The molecule has 1 aromatic heterocycles. The summed E-state index contributed by atoms with van der Waals surface area (Å²) in [5.74, 6) is -0.0269. The first kappa shape index (κ1) is 28.8. The fourth-order valence-electron chi connectivity index (χ4n) is 4.35. The summed E-state index contributed by atoms with van der Waals surface area (Å²) in [7, 11) is 0. The minimum atomic E-state index is -0.441. The van der Waals surface area contributed by atoms with E-state index in [0.29, 0.717) is 43.0 Å². The lowest BCUT2D eigenvalue weighted by Gasteiger charge is -2.27. The summed E-state index contributed by atoms with van der Waals surface area (Å²) in [5.41, 5.74) is 7.48. The largest absolute Gasteiger partial charge is 0.356 e. The number of carbonyl (C=O) groups excluding carboxylic acids is 3. The van der Waals surface area contributed by atoms with Gasteiger partial charge in [0.05, 0.1) is 11.0 Å². The van der Waals surface area contributed by atoms with Gasteiger partial charge in [-0.15, -0.1) is 11.3 Å². The molecule has 37 heavy (non-hydrogen) atoms. The molecule has 3 atom stereocenters.